The molecule has 1 heterocycles. The van der Waals surface area contributed by atoms with Crippen molar-refractivity contribution < 1.29 is 14.3 Å². The fourth-order valence-corrected chi connectivity index (χ4v) is 3.02. The molecule has 2 aromatic carbocycles. The standard InChI is InChI=1S/C22H23NO3/c1-5-26-22(24)20-14-21(17-8-12-19(25-4)13-9-17)23(16(20)3)18-10-6-15(2)7-11-18/h6-14H,5H2,1-4H3. The third-order valence-corrected chi connectivity index (χ3v) is 4.42. The van der Waals surface area contributed by atoms with Crippen LogP contribution < -0.4 is 4.74 Å². The van der Waals surface area contributed by atoms with Crippen molar-refractivity contribution in [3.63, 3.8) is 0 Å². The van der Waals surface area contributed by atoms with Crippen molar-refractivity contribution in [2.24, 2.45) is 0 Å². The van der Waals surface area contributed by atoms with E-state index < -0.39 is 0 Å². The Hall–Kier alpha value is -3.01. The zero-order chi connectivity index (χ0) is 18.7. The predicted molar refractivity (Wildman–Crippen MR) is 103 cm³/mol. The lowest BCUT2D eigenvalue weighted by molar-refractivity contribution is 0.0525. The van der Waals surface area contributed by atoms with Gasteiger partial charge in [-0.15, -0.1) is 0 Å². The average Bonchev–Trinajstić information content (AvgIpc) is 3.00. The van der Waals surface area contributed by atoms with E-state index in [1.54, 1.807) is 7.11 Å². The number of esters is 1. The lowest BCUT2D eigenvalue weighted by Gasteiger charge is -2.13. The van der Waals surface area contributed by atoms with E-state index in [0.29, 0.717) is 12.2 Å². The first kappa shape index (κ1) is 17.8. The van der Waals surface area contributed by atoms with E-state index in [1.807, 2.05) is 44.2 Å². The van der Waals surface area contributed by atoms with Gasteiger partial charge >= 0.3 is 5.97 Å². The Labute approximate surface area is 154 Å². The van der Waals surface area contributed by atoms with Crippen molar-refractivity contribution in [3.05, 3.63) is 71.4 Å². The number of rotatable bonds is 5. The minimum Gasteiger partial charge on any atom is -0.497 e. The zero-order valence-corrected chi connectivity index (χ0v) is 15.6. The minimum absolute atomic E-state index is 0.300. The number of aryl methyl sites for hydroxylation is 1. The second kappa shape index (κ2) is 7.48. The molecule has 0 spiro atoms. The van der Waals surface area contributed by atoms with E-state index in [4.69, 9.17) is 9.47 Å². The molecule has 0 N–H and O–H groups in total. The highest BCUT2D eigenvalue weighted by Gasteiger charge is 2.20. The third kappa shape index (κ3) is 3.36. The van der Waals surface area contributed by atoms with E-state index in [2.05, 4.69) is 35.8 Å². The second-order valence-electron chi connectivity index (χ2n) is 6.15. The van der Waals surface area contributed by atoms with E-state index >= 15 is 0 Å². The van der Waals surface area contributed by atoms with Gasteiger partial charge in [-0.2, -0.15) is 0 Å². The van der Waals surface area contributed by atoms with Crippen molar-refractivity contribution in [1.82, 2.24) is 4.57 Å². The molecular weight excluding hydrogens is 326 g/mol. The normalized spacial score (nSPS) is 10.6. The first-order valence-electron chi connectivity index (χ1n) is 8.66. The maximum Gasteiger partial charge on any atom is 0.339 e. The summed E-state index contributed by atoms with van der Waals surface area (Å²) in [6, 6.07) is 18.0. The van der Waals surface area contributed by atoms with Gasteiger partial charge in [-0.3, -0.25) is 0 Å². The van der Waals surface area contributed by atoms with Crippen LogP contribution in [0.1, 0.15) is 28.5 Å². The lowest BCUT2D eigenvalue weighted by Crippen LogP contribution is -2.06. The van der Waals surface area contributed by atoms with Gasteiger partial charge in [-0.05, 0) is 68.8 Å². The molecule has 1 aromatic heterocycles. The Bertz CT molecular complexity index is 906. The fourth-order valence-electron chi connectivity index (χ4n) is 3.02. The van der Waals surface area contributed by atoms with Gasteiger partial charge in [0.2, 0.25) is 0 Å². The van der Waals surface area contributed by atoms with Crippen LogP contribution in [-0.2, 0) is 4.74 Å². The molecule has 4 heteroatoms. The molecular formula is C22H23NO3. The molecule has 0 aliphatic heterocycles. The molecule has 0 saturated carbocycles. The summed E-state index contributed by atoms with van der Waals surface area (Å²) in [6.45, 7) is 6.17. The number of methoxy groups -OCH3 is 1. The highest BCUT2D eigenvalue weighted by Crippen LogP contribution is 2.31. The first-order chi connectivity index (χ1) is 12.5. The SMILES string of the molecule is CCOC(=O)c1cc(-c2ccc(OC)cc2)n(-c2ccc(C)cc2)c1C. The highest BCUT2D eigenvalue weighted by molar-refractivity contribution is 5.93. The molecule has 0 amide bonds. The number of hydrogen-bond donors (Lipinski definition) is 0. The van der Waals surface area contributed by atoms with Crippen molar-refractivity contribution in [3.8, 4) is 22.7 Å². The summed E-state index contributed by atoms with van der Waals surface area (Å²) in [5.41, 5.74) is 5.59. The van der Waals surface area contributed by atoms with Gasteiger partial charge in [0, 0.05) is 11.4 Å². The maximum absolute atomic E-state index is 12.4. The number of carbonyl (C=O) groups is 1. The number of carbonyl (C=O) groups excluding carboxylic acids is 1. The van der Waals surface area contributed by atoms with Crippen LogP contribution in [0.15, 0.2) is 54.6 Å². The number of ether oxygens (including phenoxy) is 2. The van der Waals surface area contributed by atoms with E-state index in [0.717, 1.165) is 28.4 Å². The smallest absolute Gasteiger partial charge is 0.339 e. The molecule has 0 bridgehead atoms. The quantitative estimate of drug-likeness (QED) is 0.612. The Morgan fingerprint density at radius 1 is 1.00 bits per heavy atom. The third-order valence-electron chi connectivity index (χ3n) is 4.42. The molecule has 3 rings (SSSR count). The molecule has 0 saturated heterocycles. The van der Waals surface area contributed by atoms with Gasteiger partial charge < -0.3 is 14.0 Å². The number of hydrogen-bond acceptors (Lipinski definition) is 3. The van der Waals surface area contributed by atoms with Crippen molar-refractivity contribution in [2.45, 2.75) is 20.8 Å². The van der Waals surface area contributed by atoms with Gasteiger partial charge in [0.05, 0.1) is 25.0 Å². The molecule has 3 aromatic rings. The Morgan fingerprint density at radius 2 is 1.65 bits per heavy atom. The Balaban J connectivity index is 2.18. The number of aromatic nitrogens is 1. The summed E-state index contributed by atoms with van der Waals surface area (Å²) < 4.78 is 12.6. The number of benzene rings is 2. The highest BCUT2D eigenvalue weighted by atomic mass is 16.5. The van der Waals surface area contributed by atoms with Crippen LogP contribution in [0.25, 0.3) is 16.9 Å². The summed E-state index contributed by atoms with van der Waals surface area (Å²) in [5, 5.41) is 0. The van der Waals surface area contributed by atoms with Gasteiger partial charge in [0.1, 0.15) is 5.75 Å². The van der Waals surface area contributed by atoms with Crippen LogP contribution >= 0.6 is 0 Å². The van der Waals surface area contributed by atoms with Gasteiger partial charge in [0.25, 0.3) is 0 Å². The summed E-state index contributed by atoms with van der Waals surface area (Å²) >= 11 is 0. The largest absolute Gasteiger partial charge is 0.497 e. The fraction of sp³-hybridized carbons (Fsp3) is 0.227. The summed E-state index contributed by atoms with van der Waals surface area (Å²) in [6.07, 6.45) is 0. The molecule has 0 aliphatic rings. The van der Waals surface area contributed by atoms with Crippen LogP contribution in [0.2, 0.25) is 0 Å². The monoisotopic (exact) mass is 349 g/mol. The Kier molecular flexibility index (Phi) is 5.12. The van der Waals surface area contributed by atoms with Crippen LogP contribution in [0, 0.1) is 13.8 Å². The number of nitrogens with zero attached hydrogens (tertiary/aromatic N) is 1. The maximum atomic E-state index is 12.4. The van der Waals surface area contributed by atoms with E-state index in [-0.39, 0.29) is 5.97 Å². The van der Waals surface area contributed by atoms with Crippen molar-refractivity contribution in [2.75, 3.05) is 13.7 Å². The molecule has 0 aliphatic carbocycles. The molecule has 0 atom stereocenters. The molecule has 26 heavy (non-hydrogen) atoms. The van der Waals surface area contributed by atoms with Crippen LogP contribution in [0.3, 0.4) is 0 Å². The Morgan fingerprint density at radius 3 is 2.23 bits per heavy atom. The average molecular weight is 349 g/mol. The van der Waals surface area contributed by atoms with Gasteiger partial charge in [-0.25, -0.2) is 4.79 Å². The summed E-state index contributed by atoms with van der Waals surface area (Å²) in [5.74, 6) is 0.496. The lowest BCUT2D eigenvalue weighted by atomic mass is 10.1. The van der Waals surface area contributed by atoms with Crippen molar-refractivity contribution >= 4 is 5.97 Å². The van der Waals surface area contributed by atoms with Crippen LogP contribution in [0.5, 0.6) is 5.75 Å². The van der Waals surface area contributed by atoms with E-state index in [9.17, 15) is 4.79 Å². The summed E-state index contributed by atoms with van der Waals surface area (Å²) in [4.78, 5) is 12.4. The first-order valence-corrected chi connectivity index (χ1v) is 8.66. The molecule has 134 valence electrons. The zero-order valence-electron chi connectivity index (χ0n) is 15.6. The second-order valence-corrected chi connectivity index (χ2v) is 6.15. The molecule has 0 radical (unpaired) electrons. The van der Waals surface area contributed by atoms with Gasteiger partial charge in [-0.1, -0.05) is 17.7 Å². The predicted octanol–water partition coefficient (Wildman–Crippen LogP) is 4.95. The van der Waals surface area contributed by atoms with Crippen LogP contribution in [-0.4, -0.2) is 24.3 Å². The van der Waals surface area contributed by atoms with Crippen LogP contribution in [0.4, 0.5) is 0 Å². The van der Waals surface area contributed by atoms with E-state index in [1.165, 1.54) is 5.56 Å². The molecule has 0 unspecified atom stereocenters. The molecule has 0 fully saturated rings. The van der Waals surface area contributed by atoms with Crippen molar-refractivity contribution in [1.29, 1.82) is 0 Å². The van der Waals surface area contributed by atoms with Gasteiger partial charge in [0.15, 0.2) is 0 Å². The topological polar surface area (TPSA) is 40.5 Å². The molecule has 4 nitrogen and oxygen atoms in total. The minimum atomic E-state index is -0.300. The summed E-state index contributed by atoms with van der Waals surface area (Å²) in [7, 11) is 1.65.